The van der Waals surface area contributed by atoms with Crippen molar-refractivity contribution in [3.63, 3.8) is 0 Å². The standard InChI is InChI=1S/C18H21F3N2O.C18H19F3N2O/c2*1-2-3-4-5-6-16(24)14-11-22-17(23-12-14)13-7-9-15(10-8-13)18(19,20)21/h7-12,16,24H,2-6H2,1H3;7-12H,2-6H2,1H3. The van der Waals surface area contributed by atoms with Crippen molar-refractivity contribution < 1.29 is 36.2 Å². The smallest absolute Gasteiger partial charge is 0.388 e. The average Bonchev–Trinajstić information content (AvgIpc) is 3.08. The molecule has 1 unspecified atom stereocenters. The molecule has 0 radical (unpaired) electrons. The maximum absolute atomic E-state index is 12.6. The van der Waals surface area contributed by atoms with Crippen LogP contribution >= 0.6 is 0 Å². The number of carbonyl (C=O) groups is 1. The molecule has 0 amide bonds. The number of alkyl halides is 6. The molecular formula is C36H40F6N4O2. The molecule has 12 heteroatoms. The predicted molar refractivity (Wildman–Crippen MR) is 172 cm³/mol. The molecule has 0 spiro atoms. The summed E-state index contributed by atoms with van der Waals surface area (Å²) in [6.45, 7) is 4.24. The van der Waals surface area contributed by atoms with E-state index in [0.29, 0.717) is 46.7 Å². The van der Waals surface area contributed by atoms with E-state index in [1.807, 2.05) is 0 Å². The quantitative estimate of drug-likeness (QED) is 0.0814. The Morgan fingerprint density at radius 3 is 1.46 bits per heavy atom. The number of benzene rings is 2. The molecule has 2 aromatic carbocycles. The molecule has 48 heavy (non-hydrogen) atoms. The van der Waals surface area contributed by atoms with Crippen LogP contribution < -0.4 is 0 Å². The SMILES string of the molecule is CCCCCCC(=O)c1cnc(-c2ccc(C(F)(F)F)cc2)nc1.CCCCCCC(O)c1cnc(-c2ccc(C(F)(F)F)cc2)nc1. The number of hydrogen-bond acceptors (Lipinski definition) is 6. The number of unbranched alkanes of at least 4 members (excludes halogenated alkanes) is 6. The second kappa shape index (κ2) is 18.4. The molecular weight excluding hydrogens is 634 g/mol. The van der Waals surface area contributed by atoms with Crippen molar-refractivity contribution in [1.29, 1.82) is 0 Å². The van der Waals surface area contributed by atoms with Gasteiger partial charge in [0.15, 0.2) is 17.4 Å². The van der Waals surface area contributed by atoms with Crippen molar-refractivity contribution in [2.45, 2.75) is 96.5 Å². The Labute approximate surface area is 276 Å². The summed E-state index contributed by atoms with van der Waals surface area (Å²) >= 11 is 0. The number of aromatic nitrogens is 4. The fraction of sp³-hybridized carbons (Fsp3) is 0.417. The van der Waals surface area contributed by atoms with E-state index in [4.69, 9.17) is 0 Å². The molecule has 0 bridgehead atoms. The topological polar surface area (TPSA) is 88.9 Å². The van der Waals surface area contributed by atoms with Crippen LogP contribution in [-0.4, -0.2) is 30.8 Å². The Hall–Kier alpha value is -4.19. The van der Waals surface area contributed by atoms with Gasteiger partial charge in [-0.15, -0.1) is 0 Å². The summed E-state index contributed by atoms with van der Waals surface area (Å²) < 4.78 is 75.3. The minimum Gasteiger partial charge on any atom is -0.388 e. The molecule has 6 nitrogen and oxygen atoms in total. The number of aliphatic hydroxyl groups is 1. The summed E-state index contributed by atoms with van der Waals surface area (Å²) in [6.07, 6.45) is 6.10. The fourth-order valence-corrected chi connectivity index (χ4v) is 4.68. The zero-order chi connectivity index (χ0) is 35.2. The molecule has 2 aromatic heterocycles. The maximum Gasteiger partial charge on any atom is 0.416 e. The van der Waals surface area contributed by atoms with E-state index in [9.17, 15) is 36.2 Å². The van der Waals surface area contributed by atoms with Gasteiger partial charge in [0.1, 0.15) is 0 Å². The van der Waals surface area contributed by atoms with Gasteiger partial charge in [0.2, 0.25) is 0 Å². The molecule has 1 N–H and O–H groups in total. The van der Waals surface area contributed by atoms with E-state index >= 15 is 0 Å². The van der Waals surface area contributed by atoms with Crippen LogP contribution in [-0.2, 0) is 12.4 Å². The Kier molecular flexibility index (Phi) is 14.6. The normalized spacial score (nSPS) is 12.3. The number of Topliss-reactive ketones (excluding diaryl/α,β-unsaturated/α-hetero) is 1. The van der Waals surface area contributed by atoms with E-state index in [-0.39, 0.29) is 5.78 Å². The summed E-state index contributed by atoms with van der Waals surface area (Å²) in [7, 11) is 0. The molecule has 0 aliphatic carbocycles. The van der Waals surface area contributed by atoms with E-state index in [1.54, 1.807) is 0 Å². The second-order valence-electron chi connectivity index (χ2n) is 11.4. The molecule has 4 aromatic rings. The number of carbonyl (C=O) groups excluding carboxylic acids is 1. The van der Waals surface area contributed by atoms with Gasteiger partial charge in [-0.25, -0.2) is 19.9 Å². The van der Waals surface area contributed by atoms with Gasteiger partial charge in [-0.05, 0) is 37.1 Å². The van der Waals surface area contributed by atoms with Crippen LogP contribution in [0.1, 0.15) is 111 Å². The minimum atomic E-state index is -4.37. The first kappa shape index (κ1) is 38.3. The Balaban J connectivity index is 0.000000260. The number of hydrogen-bond donors (Lipinski definition) is 1. The fourth-order valence-electron chi connectivity index (χ4n) is 4.68. The molecule has 0 aliphatic rings. The van der Waals surface area contributed by atoms with Crippen LogP contribution in [0.4, 0.5) is 26.3 Å². The van der Waals surface area contributed by atoms with Gasteiger partial charge >= 0.3 is 12.4 Å². The largest absolute Gasteiger partial charge is 0.416 e. The van der Waals surface area contributed by atoms with Crippen molar-refractivity contribution in [3.05, 3.63) is 95.6 Å². The summed E-state index contributed by atoms with van der Waals surface area (Å²) in [6, 6.07) is 9.34. The number of halogens is 6. The van der Waals surface area contributed by atoms with Crippen LogP contribution in [0.25, 0.3) is 22.8 Å². The van der Waals surface area contributed by atoms with Crippen molar-refractivity contribution in [3.8, 4) is 22.8 Å². The van der Waals surface area contributed by atoms with Crippen LogP contribution in [0, 0.1) is 0 Å². The average molecular weight is 675 g/mol. The third-order valence-electron chi connectivity index (χ3n) is 7.56. The van der Waals surface area contributed by atoms with Crippen LogP contribution in [0.2, 0.25) is 0 Å². The third-order valence-corrected chi connectivity index (χ3v) is 7.56. The molecule has 4 rings (SSSR count). The molecule has 2 heterocycles. The minimum absolute atomic E-state index is 0.00919. The van der Waals surface area contributed by atoms with E-state index in [0.717, 1.165) is 75.6 Å². The first-order valence-corrected chi connectivity index (χ1v) is 16.0. The van der Waals surface area contributed by atoms with Gasteiger partial charge in [-0.3, -0.25) is 4.79 Å². The lowest BCUT2D eigenvalue weighted by Crippen LogP contribution is -2.04. The van der Waals surface area contributed by atoms with Crippen molar-refractivity contribution in [2.24, 2.45) is 0 Å². The highest BCUT2D eigenvalue weighted by Crippen LogP contribution is 2.31. The van der Waals surface area contributed by atoms with Gasteiger partial charge in [0, 0.05) is 47.9 Å². The molecule has 0 fully saturated rings. The first-order valence-electron chi connectivity index (χ1n) is 16.0. The van der Waals surface area contributed by atoms with Crippen LogP contribution in [0.15, 0.2) is 73.3 Å². The maximum atomic E-state index is 12.6. The molecule has 0 aliphatic heterocycles. The van der Waals surface area contributed by atoms with Gasteiger partial charge < -0.3 is 5.11 Å². The summed E-state index contributed by atoms with van der Waals surface area (Å²) in [5, 5.41) is 10.1. The highest BCUT2D eigenvalue weighted by Gasteiger charge is 2.31. The first-order chi connectivity index (χ1) is 22.8. The van der Waals surface area contributed by atoms with Crippen LogP contribution in [0.5, 0.6) is 0 Å². The molecule has 0 saturated carbocycles. The lowest BCUT2D eigenvalue weighted by Gasteiger charge is -2.11. The Bertz CT molecular complexity index is 1520. The van der Waals surface area contributed by atoms with E-state index in [2.05, 4.69) is 33.8 Å². The number of nitrogens with zero attached hydrogens (tertiary/aromatic N) is 4. The molecule has 1 atom stereocenters. The second-order valence-corrected chi connectivity index (χ2v) is 11.4. The lowest BCUT2D eigenvalue weighted by atomic mass is 10.1. The van der Waals surface area contributed by atoms with Gasteiger partial charge in [0.25, 0.3) is 0 Å². The zero-order valence-corrected chi connectivity index (χ0v) is 27.0. The number of rotatable bonds is 14. The Morgan fingerprint density at radius 1 is 0.625 bits per heavy atom. The highest BCUT2D eigenvalue weighted by atomic mass is 19.4. The highest BCUT2D eigenvalue weighted by molar-refractivity contribution is 5.95. The predicted octanol–water partition coefficient (Wildman–Crippen LogP) is 10.5. The summed E-state index contributed by atoms with van der Waals surface area (Å²) in [5.41, 5.74) is 0.622. The monoisotopic (exact) mass is 674 g/mol. The summed E-state index contributed by atoms with van der Waals surface area (Å²) in [4.78, 5) is 28.5. The van der Waals surface area contributed by atoms with E-state index < -0.39 is 29.6 Å². The molecule has 0 saturated heterocycles. The number of ketones is 1. The van der Waals surface area contributed by atoms with Gasteiger partial charge in [0.05, 0.1) is 22.8 Å². The van der Waals surface area contributed by atoms with E-state index in [1.165, 1.54) is 49.1 Å². The van der Waals surface area contributed by atoms with Crippen molar-refractivity contribution in [1.82, 2.24) is 19.9 Å². The Morgan fingerprint density at radius 2 is 1.04 bits per heavy atom. The number of aliphatic hydroxyl groups excluding tert-OH is 1. The van der Waals surface area contributed by atoms with Crippen LogP contribution in [0.3, 0.4) is 0 Å². The summed E-state index contributed by atoms with van der Waals surface area (Å²) in [5.74, 6) is 0.627. The van der Waals surface area contributed by atoms with Crippen molar-refractivity contribution in [2.75, 3.05) is 0 Å². The third kappa shape index (κ3) is 12.1. The lowest BCUT2D eigenvalue weighted by molar-refractivity contribution is -0.138. The molecule has 258 valence electrons. The van der Waals surface area contributed by atoms with Gasteiger partial charge in [-0.2, -0.15) is 26.3 Å². The van der Waals surface area contributed by atoms with Gasteiger partial charge in [-0.1, -0.05) is 83.1 Å². The zero-order valence-electron chi connectivity index (χ0n) is 27.0. The van der Waals surface area contributed by atoms with Crippen molar-refractivity contribution >= 4 is 5.78 Å².